The van der Waals surface area contributed by atoms with Crippen molar-refractivity contribution in [1.82, 2.24) is 20.0 Å². The van der Waals surface area contributed by atoms with Crippen LogP contribution in [-0.4, -0.2) is 94.8 Å². The van der Waals surface area contributed by atoms with Crippen molar-refractivity contribution in [3.8, 4) is 11.5 Å². The molecule has 5 aliphatic heterocycles. The van der Waals surface area contributed by atoms with Gasteiger partial charge in [0.25, 0.3) is 5.91 Å². The van der Waals surface area contributed by atoms with Gasteiger partial charge >= 0.3 is 0 Å². The standard InChI is InChI=1S/C33H37N5O5.C10H12O.C6H6/c39-27-9-8-26(30(41)35-27)38-16-24-23(31(38)42)6-7-25-29(24)43-20-33(25)10-12-36(13-11-33)17-28(40)37-18-32(19-37)14-22(15-32)34-21-4-2-1-3-5-21;11-10-6-5-8-3-1-2-4-9(8)7-10;1-2-4-6-5-3-1/h1-7,22,26,34H,8-20H2,(H,35,39,41);5-7,11H,1-4H2;1-6H. The van der Waals surface area contributed by atoms with Crippen LogP contribution in [0.3, 0.4) is 0 Å². The molecule has 7 aliphatic rings. The van der Waals surface area contributed by atoms with Crippen molar-refractivity contribution in [2.45, 2.75) is 88.3 Å². The number of amides is 4. The van der Waals surface area contributed by atoms with Gasteiger partial charge in [0.2, 0.25) is 17.7 Å². The Kier molecular flexibility index (Phi) is 11.1. The lowest BCUT2D eigenvalue weighted by molar-refractivity contribution is -0.152. The maximum absolute atomic E-state index is 13.2. The fourth-order valence-corrected chi connectivity index (χ4v) is 10.5. The number of benzene rings is 4. The van der Waals surface area contributed by atoms with E-state index in [9.17, 15) is 24.3 Å². The van der Waals surface area contributed by atoms with Crippen LogP contribution in [0.1, 0.15) is 84.0 Å². The van der Waals surface area contributed by atoms with Crippen LogP contribution in [0.25, 0.3) is 0 Å². The quantitative estimate of drug-likeness (QED) is 0.202. The Morgan fingerprint density at radius 3 is 2.22 bits per heavy atom. The number of carbonyl (C=O) groups is 4. The van der Waals surface area contributed by atoms with Crippen LogP contribution in [-0.2, 0) is 39.2 Å². The lowest BCUT2D eigenvalue weighted by atomic mass is 9.60. The van der Waals surface area contributed by atoms with Crippen molar-refractivity contribution in [2.24, 2.45) is 5.41 Å². The largest absolute Gasteiger partial charge is 0.508 e. The molecule has 5 heterocycles. The number of carbonyl (C=O) groups excluding carboxylic acids is 4. The molecule has 60 heavy (non-hydrogen) atoms. The van der Waals surface area contributed by atoms with Gasteiger partial charge in [-0.1, -0.05) is 66.7 Å². The summed E-state index contributed by atoms with van der Waals surface area (Å²) in [4.78, 5) is 56.3. The van der Waals surface area contributed by atoms with Crippen molar-refractivity contribution >= 4 is 29.3 Å². The van der Waals surface area contributed by atoms with E-state index in [2.05, 4.69) is 39.8 Å². The molecule has 1 unspecified atom stereocenters. The lowest BCUT2D eigenvalue weighted by Crippen LogP contribution is -2.67. The van der Waals surface area contributed by atoms with E-state index in [0.29, 0.717) is 48.9 Å². The van der Waals surface area contributed by atoms with Crippen LogP contribution in [0.2, 0.25) is 0 Å². The number of hydrogen-bond donors (Lipinski definition) is 3. The van der Waals surface area contributed by atoms with E-state index in [4.69, 9.17) is 4.74 Å². The fourth-order valence-electron chi connectivity index (χ4n) is 10.5. The monoisotopic (exact) mass is 809 g/mol. The zero-order valence-corrected chi connectivity index (χ0v) is 34.2. The second-order valence-corrected chi connectivity index (χ2v) is 17.9. The molecule has 4 fully saturated rings. The Bertz CT molecular complexity index is 2200. The minimum absolute atomic E-state index is 0.122. The van der Waals surface area contributed by atoms with Crippen LogP contribution >= 0.6 is 0 Å². The topological polar surface area (TPSA) is 132 Å². The second-order valence-electron chi connectivity index (χ2n) is 17.9. The van der Waals surface area contributed by atoms with Crippen LogP contribution < -0.4 is 15.4 Å². The molecule has 2 aliphatic carbocycles. The minimum Gasteiger partial charge on any atom is -0.508 e. The first kappa shape index (κ1) is 39.8. The number of para-hydroxylation sites is 1. The maximum atomic E-state index is 13.2. The number of hydrogen-bond acceptors (Lipinski definition) is 8. The van der Waals surface area contributed by atoms with Gasteiger partial charge in [-0.25, -0.2) is 0 Å². The zero-order valence-electron chi connectivity index (χ0n) is 34.2. The summed E-state index contributed by atoms with van der Waals surface area (Å²) in [5.74, 6) is 0.555. The van der Waals surface area contributed by atoms with Crippen molar-refractivity contribution in [1.29, 1.82) is 0 Å². The predicted octanol–water partition coefficient (Wildman–Crippen LogP) is 6.23. The molecule has 3 saturated heterocycles. The minimum atomic E-state index is -0.637. The third-order valence-electron chi connectivity index (χ3n) is 13.8. The van der Waals surface area contributed by atoms with E-state index in [1.807, 2.05) is 71.6 Å². The summed E-state index contributed by atoms with van der Waals surface area (Å²) < 4.78 is 6.30. The smallest absolute Gasteiger partial charge is 0.255 e. The summed E-state index contributed by atoms with van der Waals surface area (Å²) >= 11 is 0. The van der Waals surface area contributed by atoms with Gasteiger partial charge < -0.3 is 25.0 Å². The van der Waals surface area contributed by atoms with Crippen LogP contribution in [0, 0.1) is 5.41 Å². The lowest BCUT2D eigenvalue weighted by Gasteiger charge is -2.59. The molecule has 11 heteroatoms. The molecule has 11 rings (SSSR count). The summed E-state index contributed by atoms with van der Waals surface area (Å²) in [6.45, 7) is 4.75. The van der Waals surface area contributed by atoms with E-state index in [0.717, 1.165) is 75.2 Å². The number of aromatic hydroxyl groups is 1. The molecule has 0 aromatic heterocycles. The van der Waals surface area contributed by atoms with Crippen molar-refractivity contribution in [3.05, 3.63) is 125 Å². The van der Waals surface area contributed by atoms with Gasteiger partial charge in [0.15, 0.2) is 0 Å². The molecule has 0 bridgehead atoms. The second kappa shape index (κ2) is 16.8. The molecule has 3 N–H and O–H groups in total. The first-order chi connectivity index (χ1) is 29.2. The Balaban J connectivity index is 0.000000224. The van der Waals surface area contributed by atoms with Gasteiger partial charge in [-0.3, -0.25) is 29.4 Å². The number of ether oxygens (including phenoxy) is 1. The van der Waals surface area contributed by atoms with Gasteiger partial charge in [-0.05, 0) is 112 Å². The molecular formula is C49H55N5O6. The highest BCUT2D eigenvalue weighted by molar-refractivity contribution is 6.05. The van der Waals surface area contributed by atoms with Gasteiger partial charge in [-0.15, -0.1) is 0 Å². The normalized spacial score (nSPS) is 22.1. The fraction of sp³-hybridized carbons (Fsp3) is 0.429. The maximum Gasteiger partial charge on any atom is 0.255 e. The third kappa shape index (κ3) is 8.11. The van der Waals surface area contributed by atoms with E-state index < -0.39 is 11.9 Å². The van der Waals surface area contributed by atoms with Crippen LogP contribution in [0.15, 0.2) is 97.1 Å². The number of nitrogens with zero attached hydrogens (tertiary/aromatic N) is 3. The number of phenols is 1. The van der Waals surface area contributed by atoms with Crippen molar-refractivity contribution < 1.29 is 29.0 Å². The molecule has 2 spiro atoms. The molecule has 0 radical (unpaired) electrons. The number of imide groups is 1. The molecule has 1 saturated carbocycles. The number of nitrogens with one attached hydrogen (secondary N) is 2. The van der Waals surface area contributed by atoms with E-state index in [-0.39, 0.29) is 29.6 Å². The predicted molar refractivity (Wildman–Crippen MR) is 229 cm³/mol. The number of phenolic OH excluding ortho intramolecular Hbond substituents is 1. The summed E-state index contributed by atoms with van der Waals surface area (Å²) in [6.07, 6.45) is 9.53. The molecule has 1 atom stereocenters. The zero-order chi connectivity index (χ0) is 41.3. The van der Waals surface area contributed by atoms with Gasteiger partial charge in [0, 0.05) is 58.8 Å². The van der Waals surface area contributed by atoms with E-state index in [1.165, 1.54) is 36.1 Å². The Hall–Kier alpha value is -5.68. The Labute approximate surface area is 352 Å². The van der Waals surface area contributed by atoms with Gasteiger partial charge in [0.05, 0.1) is 19.7 Å². The highest BCUT2D eigenvalue weighted by Gasteiger charge is 2.54. The van der Waals surface area contributed by atoms with Gasteiger partial charge in [0.1, 0.15) is 17.5 Å². The van der Waals surface area contributed by atoms with E-state index >= 15 is 0 Å². The Morgan fingerprint density at radius 1 is 0.833 bits per heavy atom. The molecule has 4 aromatic rings. The number of aryl methyl sites for hydroxylation is 2. The molecule has 4 amide bonds. The first-order valence-corrected chi connectivity index (χ1v) is 21.7. The number of piperidine rings is 2. The number of rotatable bonds is 5. The first-order valence-electron chi connectivity index (χ1n) is 21.7. The number of fused-ring (bicyclic) bond motifs is 5. The molecular weight excluding hydrogens is 755 g/mol. The summed E-state index contributed by atoms with van der Waals surface area (Å²) in [5.41, 5.74) is 6.69. The van der Waals surface area contributed by atoms with Crippen molar-refractivity contribution in [2.75, 3.05) is 44.6 Å². The highest BCUT2D eigenvalue weighted by atomic mass is 16.5. The average Bonchev–Trinajstić information content (AvgIpc) is 3.77. The molecule has 4 aromatic carbocycles. The summed E-state index contributed by atoms with van der Waals surface area (Å²) in [6, 6.07) is 31.8. The SMILES string of the molecule is O=C1CCC(N2Cc3c(ccc4c3OCC43CCN(CC(=O)N4CC5(CC(Nc6ccccc6)C5)C4)CC3)C2=O)C(=O)N1.Oc1ccc2c(c1)CCCC2.c1ccccc1. The van der Waals surface area contributed by atoms with Crippen molar-refractivity contribution in [3.63, 3.8) is 0 Å². The van der Waals surface area contributed by atoms with Crippen LogP contribution in [0.4, 0.5) is 5.69 Å². The average molecular weight is 810 g/mol. The van der Waals surface area contributed by atoms with E-state index in [1.54, 1.807) is 11.0 Å². The molecule has 312 valence electrons. The third-order valence-corrected chi connectivity index (χ3v) is 13.8. The summed E-state index contributed by atoms with van der Waals surface area (Å²) in [7, 11) is 0. The Morgan fingerprint density at radius 2 is 1.52 bits per heavy atom. The number of likely N-dealkylation sites (tertiary alicyclic amines) is 2. The van der Waals surface area contributed by atoms with Gasteiger partial charge in [-0.2, -0.15) is 0 Å². The summed E-state index contributed by atoms with van der Waals surface area (Å²) in [5, 5.41) is 15.2. The number of anilines is 1. The highest BCUT2D eigenvalue weighted by Crippen LogP contribution is 2.51. The molecule has 11 nitrogen and oxygen atoms in total. The van der Waals surface area contributed by atoms with Crippen LogP contribution in [0.5, 0.6) is 11.5 Å².